The van der Waals surface area contributed by atoms with Crippen LogP contribution in [0.3, 0.4) is 0 Å². The number of hydrogen-bond donors (Lipinski definition) is 9. The van der Waals surface area contributed by atoms with Crippen molar-refractivity contribution in [2.75, 3.05) is 49.9 Å². The minimum absolute atomic E-state index is 0.00715. The molecular weight excluding hydrogens is 1790 g/mol. The van der Waals surface area contributed by atoms with Crippen LogP contribution in [0.1, 0.15) is 135 Å². The van der Waals surface area contributed by atoms with Gasteiger partial charge in [0.1, 0.15) is 121 Å². The maximum absolute atomic E-state index is 14.0. The van der Waals surface area contributed by atoms with Gasteiger partial charge in [0.25, 0.3) is 22.2 Å². The van der Waals surface area contributed by atoms with Crippen LogP contribution < -0.4 is 72.2 Å². The molecule has 0 spiro atoms. The van der Waals surface area contributed by atoms with Crippen molar-refractivity contribution < 1.29 is 4.39 Å². The summed E-state index contributed by atoms with van der Waals surface area (Å²) in [5.41, 5.74) is 31.4. The summed E-state index contributed by atoms with van der Waals surface area (Å²) in [6, 6.07) is 33.7. The highest BCUT2D eigenvalue weighted by Crippen LogP contribution is 2.36. The Kier molecular flexibility index (Phi) is 28.2. The lowest BCUT2D eigenvalue weighted by molar-refractivity contribution is 0.506. The van der Waals surface area contributed by atoms with E-state index in [2.05, 4.69) is 106 Å². The lowest BCUT2D eigenvalue weighted by Crippen LogP contribution is -2.29. The number of nitrogen functional groups attached to an aromatic ring is 5. The number of fused-ring (bicyclic) bond motifs is 4. The zero-order valence-electron chi connectivity index (χ0n) is 70.2. The summed E-state index contributed by atoms with van der Waals surface area (Å²) in [7, 11) is 0. The fraction of sp³-hybridized carbons (Fsp3) is 0.184. The Bertz CT molecular complexity index is 7510. The zero-order chi connectivity index (χ0) is 93.4. The fourth-order valence-corrected chi connectivity index (χ4v) is 15.3. The van der Waals surface area contributed by atoms with Gasteiger partial charge in [0.05, 0.1) is 147 Å². The highest BCUT2D eigenvalue weighted by atomic mass is 35.5. The number of nitriles is 3. The van der Waals surface area contributed by atoms with Crippen molar-refractivity contribution in [1.82, 2.24) is 98.0 Å². The van der Waals surface area contributed by atoms with Crippen LogP contribution in [0.4, 0.5) is 56.8 Å². The Morgan fingerprint density at radius 2 is 0.785 bits per heavy atom. The maximum Gasteiger partial charge on any atom is 0.267 e. The normalized spacial score (nSPS) is 12.0. The van der Waals surface area contributed by atoms with Crippen molar-refractivity contribution in [2.45, 2.75) is 99.3 Å². The van der Waals surface area contributed by atoms with Gasteiger partial charge < -0.3 is 49.9 Å². The molecule has 14 N–H and O–H groups in total. The number of hydrogen-bond acceptors (Lipinski definition) is 32. The van der Waals surface area contributed by atoms with E-state index in [9.17, 15) is 39.4 Å². The molecule has 0 radical (unpaired) electrons. The maximum atomic E-state index is 14.0. The topological polar surface area (TPSA) is 544 Å². The Labute approximate surface area is 768 Å². The molecule has 36 nitrogen and oxygen atoms in total. The molecule has 0 bridgehead atoms. The Hall–Kier alpha value is -15.3. The second kappa shape index (κ2) is 39.7. The van der Waals surface area contributed by atoms with Gasteiger partial charge in [-0.2, -0.15) is 15.8 Å². The number of nitrogens with one attached hydrogen (secondary N) is 4. The molecule has 656 valence electrons. The number of aryl methyl sites for hydroxylation is 4. The summed E-state index contributed by atoms with van der Waals surface area (Å²) >= 11 is 38.0. The van der Waals surface area contributed by atoms with Gasteiger partial charge in [-0.25, -0.2) is 69.2 Å². The third-order valence-electron chi connectivity index (χ3n) is 19.7. The first-order valence-electron chi connectivity index (χ1n) is 39.4. The van der Waals surface area contributed by atoms with Gasteiger partial charge in [0.2, 0.25) is 0 Å². The molecule has 0 unspecified atom stereocenters. The lowest BCUT2D eigenvalue weighted by Gasteiger charge is -2.25. The van der Waals surface area contributed by atoms with Crippen LogP contribution in [0.5, 0.6) is 0 Å². The molecule has 43 heteroatoms. The predicted molar refractivity (Wildman–Crippen MR) is 500 cm³/mol. The van der Waals surface area contributed by atoms with E-state index >= 15 is 0 Å². The van der Waals surface area contributed by atoms with Gasteiger partial charge in [-0.1, -0.05) is 109 Å². The van der Waals surface area contributed by atoms with Gasteiger partial charge in [0, 0.05) is 18.5 Å². The van der Waals surface area contributed by atoms with Gasteiger partial charge in [-0.3, -0.25) is 52.4 Å². The summed E-state index contributed by atoms with van der Waals surface area (Å²) in [4.78, 5) is 123. The molecule has 0 aliphatic heterocycles. The minimum Gasteiger partial charge on any atom is -0.384 e. The largest absolute Gasteiger partial charge is 0.384 e. The Balaban J connectivity index is 0.000000148. The van der Waals surface area contributed by atoms with E-state index < -0.39 is 35.5 Å². The molecule has 130 heavy (non-hydrogen) atoms. The van der Waals surface area contributed by atoms with E-state index in [1.165, 1.54) is 42.8 Å². The number of aromatic nitrogens is 20. The first-order valence-corrected chi connectivity index (χ1v) is 41.6. The van der Waals surface area contributed by atoms with Crippen molar-refractivity contribution in [1.29, 1.82) is 15.8 Å². The summed E-state index contributed by atoms with van der Waals surface area (Å²) in [5.74, 6) is 4.37. The standard InChI is InChI=1S/C24H23ClN8O.C21H15Cl2FN8O.C21H20Cl2N8O.C21H17ClN8O/c1-13(2)10-19(31-22-16(11-26)21(27)29-14(3)30-22)23-32-18-8-4-7-17(25)20(18)24(34)33(23)15-6-5-9-28-12-15;1-9(28-19-13(6-25)18(26)29-10(2)30-19)20-31-17-15(23)4-3-14(22)16(17)21(33)32(20)12-5-11(24)7-27-8-12;1-3-13(29-19-17(23)18(25)27-10(2)28-19)20-30-14-6-4-5-12(22)16(14)21(32)31(20)11-7-8-15(24)26-9-11;1-11(26-19-14(9-23)18(24)27-12(2)28-19)20-29-16-7-3-6-15(22)17(16)21(31)30(20)13-5-4-8-25-10-13/h4-9,12-13,19H,10H2,1-3H3,(H3,27,29,30,31);3-5,7-9H,1-2H3,(H3,26,28,29,30);4-9,13H,3H2,1-2H3,(H2,24,26)(H3,25,27,28,29);3-8,10-11H,1-2H3,(H3,24,26,27,28)/t19-;9-;13-;11-/m0000/s1. The Morgan fingerprint density at radius 3 is 1.22 bits per heavy atom. The van der Waals surface area contributed by atoms with E-state index in [0.717, 1.165) is 12.3 Å². The molecule has 0 saturated heterocycles. The smallest absolute Gasteiger partial charge is 0.267 e. The number of pyridine rings is 4. The van der Waals surface area contributed by atoms with Crippen molar-refractivity contribution >= 4 is 166 Å². The van der Waals surface area contributed by atoms with Crippen LogP contribution in [-0.4, -0.2) is 98.0 Å². The van der Waals surface area contributed by atoms with Crippen molar-refractivity contribution in [3.63, 3.8) is 0 Å². The van der Waals surface area contributed by atoms with Crippen molar-refractivity contribution in [3.05, 3.63) is 293 Å². The molecule has 16 rings (SSSR count). The highest BCUT2D eigenvalue weighted by molar-refractivity contribution is 6.40. The van der Waals surface area contributed by atoms with Crippen molar-refractivity contribution in [3.8, 4) is 41.0 Å². The number of nitrogens with two attached hydrogens (primary N) is 5. The fourth-order valence-electron chi connectivity index (χ4n) is 13.9. The number of benzene rings is 4. The summed E-state index contributed by atoms with van der Waals surface area (Å²) in [5, 5.41) is 43.9. The number of anilines is 9. The van der Waals surface area contributed by atoms with E-state index in [-0.39, 0.29) is 117 Å². The number of nitrogens with zero attached hydrogens (tertiary/aromatic N) is 23. The third-order valence-corrected chi connectivity index (χ3v) is 21.6. The van der Waals surface area contributed by atoms with Gasteiger partial charge >= 0.3 is 0 Å². The SMILES string of the molecule is CC[C@H](Nc1nc(C)nc(N)c1Cl)c1nc2cccc(Cl)c2c(=O)n1-c1ccc(N)nc1.Cc1nc(N)c(C#N)c(N[C@@H](C)c2nc3c(Cl)ccc(Cl)c3c(=O)n2-c2cncc(F)c2)n1.Cc1nc(N)c(C#N)c(N[C@@H](C)c2nc3cccc(Cl)c3c(=O)n2-c2cccnc2)n1.Cc1nc(N)c(C#N)c(N[C@@H](CC(C)C)c2nc3cccc(Cl)c3c(=O)n2-c2cccnc2)n1. The molecule has 0 fully saturated rings. The summed E-state index contributed by atoms with van der Waals surface area (Å²) in [6.07, 6.45) is 11.4. The van der Waals surface area contributed by atoms with Gasteiger partial charge in [-0.05, 0) is 145 Å². The summed E-state index contributed by atoms with van der Waals surface area (Å²) < 4.78 is 19.6. The molecule has 16 aromatic rings. The molecule has 4 atom stereocenters. The van der Waals surface area contributed by atoms with Crippen LogP contribution in [0.2, 0.25) is 30.1 Å². The quantitative estimate of drug-likeness (QED) is 0.0363. The van der Waals surface area contributed by atoms with Crippen LogP contribution in [0, 0.1) is 73.4 Å². The first kappa shape index (κ1) is 92.4. The summed E-state index contributed by atoms with van der Waals surface area (Å²) in [6.45, 7) is 16.3. The van der Waals surface area contributed by atoms with Crippen LogP contribution in [0.25, 0.3) is 66.4 Å². The van der Waals surface area contributed by atoms with E-state index in [1.807, 2.05) is 19.1 Å². The predicted octanol–water partition coefficient (Wildman–Crippen LogP) is 15.2. The molecule has 0 aliphatic carbocycles. The van der Waals surface area contributed by atoms with Crippen LogP contribution >= 0.6 is 69.6 Å². The minimum atomic E-state index is -0.721. The average molecular weight is 1860 g/mol. The van der Waals surface area contributed by atoms with E-state index in [0.29, 0.717) is 130 Å². The Morgan fingerprint density at radius 1 is 0.400 bits per heavy atom. The van der Waals surface area contributed by atoms with Gasteiger partial charge in [-0.15, -0.1) is 0 Å². The zero-order valence-corrected chi connectivity index (χ0v) is 74.7. The van der Waals surface area contributed by atoms with E-state index in [4.69, 9.17) is 113 Å². The second-order valence-corrected chi connectivity index (χ2v) is 31.7. The molecule has 0 saturated carbocycles. The number of rotatable bonds is 19. The van der Waals surface area contributed by atoms with Crippen LogP contribution in [0.15, 0.2) is 172 Å². The van der Waals surface area contributed by atoms with E-state index in [1.54, 1.807) is 157 Å². The highest BCUT2D eigenvalue weighted by Gasteiger charge is 2.30. The second-order valence-electron chi connectivity index (χ2n) is 29.3. The molecule has 0 amide bonds. The van der Waals surface area contributed by atoms with Gasteiger partial charge in [0.15, 0.2) is 23.3 Å². The molecule has 12 aromatic heterocycles. The van der Waals surface area contributed by atoms with Crippen LogP contribution in [-0.2, 0) is 0 Å². The molecule has 4 aromatic carbocycles. The van der Waals surface area contributed by atoms with Crippen molar-refractivity contribution in [2.24, 2.45) is 5.92 Å². The molecular formula is C87H75Cl6FN32O4. The average Bonchev–Trinajstić information content (AvgIpc) is 0.756. The monoisotopic (exact) mass is 1860 g/mol. The lowest BCUT2D eigenvalue weighted by atomic mass is 10.0. The number of halogens is 7. The third kappa shape index (κ3) is 19.6. The first-order chi connectivity index (χ1) is 62.2. The molecule has 12 heterocycles. The molecule has 0 aliphatic rings.